The largest absolute Gasteiger partial charge is 0.399 e. The van der Waals surface area contributed by atoms with Gasteiger partial charge in [0.15, 0.2) is 0 Å². The van der Waals surface area contributed by atoms with Crippen LogP contribution in [0.3, 0.4) is 0 Å². The molecule has 2 unspecified atom stereocenters. The van der Waals surface area contributed by atoms with Crippen molar-refractivity contribution in [1.82, 2.24) is 4.72 Å². The van der Waals surface area contributed by atoms with Crippen LogP contribution in [0.5, 0.6) is 0 Å². The molecule has 0 radical (unpaired) electrons. The van der Waals surface area contributed by atoms with Crippen molar-refractivity contribution in [3.8, 4) is 0 Å². The summed E-state index contributed by atoms with van der Waals surface area (Å²) in [6, 6.07) is 3.31. The van der Waals surface area contributed by atoms with E-state index in [-0.39, 0.29) is 6.04 Å². The molecule has 0 saturated heterocycles. The van der Waals surface area contributed by atoms with Crippen molar-refractivity contribution in [3.63, 3.8) is 0 Å². The maximum absolute atomic E-state index is 12.5. The molecule has 5 heteroatoms. The Morgan fingerprint density at radius 1 is 1.20 bits per heavy atom. The number of anilines is 1. The third-order valence-electron chi connectivity index (χ3n) is 3.56. The van der Waals surface area contributed by atoms with Gasteiger partial charge in [-0.25, -0.2) is 13.1 Å². The molecule has 0 spiro atoms. The lowest BCUT2D eigenvalue weighted by Gasteiger charge is -2.19. The lowest BCUT2D eigenvalue weighted by Crippen LogP contribution is -2.34. The van der Waals surface area contributed by atoms with Gasteiger partial charge >= 0.3 is 0 Å². The molecule has 0 aliphatic heterocycles. The van der Waals surface area contributed by atoms with Gasteiger partial charge in [-0.1, -0.05) is 20.3 Å². The number of nitrogens with one attached hydrogen (secondary N) is 1. The van der Waals surface area contributed by atoms with Crippen molar-refractivity contribution in [2.45, 2.75) is 58.4 Å². The zero-order chi connectivity index (χ0) is 15.5. The summed E-state index contributed by atoms with van der Waals surface area (Å²) in [5.41, 5.74) is 7.70. The molecule has 0 saturated carbocycles. The Morgan fingerprint density at radius 3 is 2.15 bits per heavy atom. The van der Waals surface area contributed by atoms with Gasteiger partial charge in [-0.05, 0) is 56.4 Å². The Morgan fingerprint density at radius 2 is 1.70 bits per heavy atom. The van der Waals surface area contributed by atoms with E-state index in [0.717, 1.165) is 12.8 Å². The van der Waals surface area contributed by atoms with Crippen molar-refractivity contribution >= 4 is 15.7 Å². The molecule has 4 nitrogen and oxygen atoms in total. The first kappa shape index (κ1) is 17.0. The van der Waals surface area contributed by atoms with Crippen LogP contribution in [-0.4, -0.2) is 14.5 Å². The third-order valence-corrected chi connectivity index (χ3v) is 5.45. The molecule has 114 valence electrons. The number of hydrogen-bond acceptors (Lipinski definition) is 3. The highest BCUT2D eigenvalue weighted by atomic mass is 32.2. The Balaban J connectivity index is 3.01. The van der Waals surface area contributed by atoms with Crippen molar-refractivity contribution in [2.75, 3.05) is 5.73 Å². The predicted octanol–water partition coefficient (Wildman–Crippen LogP) is 2.99. The zero-order valence-electron chi connectivity index (χ0n) is 13.0. The average molecular weight is 298 g/mol. The molecule has 0 fully saturated rings. The topological polar surface area (TPSA) is 72.2 Å². The van der Waals surface area contributed by atoms with Gasteiger partial charge in [-0.2, -0.15) is 0 Å². The van der Waals surface area contributed by atoms with Gasteiger partial charge in [-0.3, -0.25) is 0 Å². The number of aryl methyl sites for hydroxylation is 2. The van der Waals surface area contributed by atoms with Crippen LogP contribution < -0.4 is 10.5 Å². The minimum Gasteiger partial charge on any atom is -0.399 e. The molecule has 1 aromatic carbocycles. The summed E-state index contributed by atoms with van der Waals surface area (Å²) in [7, 11) is -3.50. The van der Waals surface area contributed by atoms with Gasteiger partial charge in [-0.15, -0.1) is 0 Å². The van der Waals surface area contributed by atoms with E-state index in [1.807, 2.05) is 6.92 Å². The van der Waals surface area contributed by atoms with Gasteiger partial charge in [0.25, 0.3) is 0 Å². The van der Waals surface area contributed by atoms with Gasteiger partial charge in [0.05, 0.1) is 4.90 Å². The van der Waals surface area contributed by atoms with Crippen LogP contribution in [-0.2, 0) is 10.0 Å². The highest BCUT2D eigenvalue weighted by Gasteiger charge is 2.22. The lowest BCUT2D eigenvalue weighted by molar-refractivity contribution is 0.445. The lowest BCUT2D eigenvalue weighted by atomic mass is 10.0. The molecule has 1 rings (SSSR count). The summed E-state index contributed by atoms with van der Waals surface area (Å²) in [5.74, 6) is 0.501. The molecule has 20 heavy (non-hydrogen) atoms. The van der Waals surface area contributed by atoms with Crippen LogP contribution >= 0.6 is 0 Å². The number of hydrogen-bond donors (Lipinski definition) is 2. The Bertz CT molecular complexity index is 544. The van der Waals surface area contributed by atoms with Gasteiger partial charge < -0.3 is 5.73 Å². The Kier molecular flexibility index (Phi) is 5.59. The number of benzene rings is 1. The Hall–Kier alpha value is -1.07. The second kappa shape index (κ2) is 6.59. The van der Waals surface area contributed by atoms with Crippen LogP contribution in [0, 0.1) is 19.8 Å². The second-order valence-corrected chi connectivity index (χ2v) is 7.41. The molecule has 0 aliphatic rings. The molecule has 0 bridgehead atoms. The SMILES string of the molecule is CCC(C)CC(C)NS(=O)(=O)c1c(C)cc(N)cc1C. The minimum absolute atomic E-state index is 0.0775. The third kappa shape index (κ3) is 4.21. The van der Waals surface area contributed by atoms with E-state index in [9.17, 15) is 8.42 Å². The van der Waals surface area contributed by atoms with E-state index in [4.69, 9.17) is 5.73 Å². The zero-order valence-corrected chi connectivity index (χ0v) is 13.8. The van der Waals surface area contributed by atoms with E-state index in [2.05, 4.69) is 18.6 Å². The van der Waals surface area contributed by atoms with Crippen LogP contribution in [0.2, 0.25) is 0 Å². The molecular weight excluding hydrogens is 272 g/mol. The predicted molar refractivity (Wildman–Crippen MR) is 84.2 cm³/mol. The Labute approximate surface area is 122 Å². The fourth-order valence-electron chi connectivity index (χ4n) is 2.55. The first-order valence-corrected chi connectivity index (χ1v) is 8.54. The van der Waals surface area contributed by atoms with Crippen molar-refractivity contribution < 1.29 is 8.42 Å². The standard InChI is InChI=1S/C15H26N2O2S/c1-6-10(2)7-13(5)17-20(18,19)15-11(3)8-14(16)9-12(15)4/h8-10,13,17H,6-7,16H2,1-5H3. The monoisotopic (exact) mass is 298 g/mol. The number of rotatable bonds is 6. The molecular formula is C15H26N2O2S. The first-order valence-electron chi connectivity index (χ1n) is 7.06. The maximum atomic E-state index is 12.5. The summed E-state index contributed by atoms with van der Waals surface area (Å²) >= 11 is 0. The highest BCUT2D eigenvalue weighted by Crippen LogP contribution is 2.23. The number of nitrogens with two attached hydrogens (primary N) is 1. The molecule has 0 aromatic heterocycles. The van der Waals surface area contributed by atoms with Crippen molar-refractivity contribution in [1.29, 1.82) is 0 Å². The van der Waals surface area contributed by atoms with E-state index in [0.29, 0.717) is 27.6 Å². The summed E-state index contributed by atoms with van der Waals surface area (Å²) in [6.07, 6.45) is 1.88. The molecule has 3 N–H and O–H groups in total. The highest BCUT2D eigenvalue weighted by molar-refractivity contribution is 7.89. The minimum atomic E-state index is -3.50. The summed E-state index contributed by atoms with van der Waals surface area (Å²) in [6.45, 7) is 9.70. The van der Waals surface area contributed by atoms with Gasteiger partial charge in [0.2, 0.25) is 10.0 Å². The average Bonchev–Trinajstić information content (AvgIpc) is 2.25. The maximum Gasteiger partial charge on any atom is 0.241 e. The number of sulfonamides is 1. The summed E-state index contributed by atoms with van der Waals surface area (Å²) in [5, 5.41) is 0. The van der Waals surface area contributed by atoms with Gasteiger partial charge in [0, 0.05) is 11.7 Å². The first-order chi connectivity index (χ1) is 9.17. The summed E-state index contributed by atoms with van der Waals surface area (Å²) in [4.78, 5) is 0.350. The van der Waals surface area contributed by atoms with E-state index >= 15 is 0 Å². The smallest absolute Gasteiger partial charge is 0.241 e. The molecule has 0 heterocycles. The van der Waals surface area contributed by atoms with E-state index in [1.54, 1.807) is 26.0 Å². The van der Waals surface area contributed by atoms with Crippen LogP contribution in [0.25, 0.3) is 0 Å². The molecule has 0 amide bonds. The van der Waals surface area contributed by atoms with Crippen LogP contribution in [0.15, 0.2) is 17.0 Å². The molecule has 1 aromatic rings. The fourth-order valence-corrected chi connectivity index (χ4v) is 4.26. The van der Waals surface area contributed by atoms with Crippen LogP contribution in [0.1, 0.15) is 44.7 Å². The van der Waals surface area contributed by atoms with E-state index in [1.165, 1.54) is 0 Å². The second-order valence-electron chi connectivity index (χ2n) is 5.76. The van der Waals surface area contributed by atoms with Crippen molar-refractivity contribution in [2.24, 2.45) is 5.92 Å². The van der Waals surface area contributed by atoms with Gasteiger partial charge in [0.1, 0.15) is 0 Å². The van der Waals surface area contributed by atoms with E-state index < -0.39 is 10.0 Å². The molecule has 2 atom stereocenters. The number of nitrogen functional groups attached to an aromatic ring is 1. The normalized spacial score (nSPS) is 15.1. The van der Waals surface area contributed by atoms with Crippen LogP contribution in [0.4, 0.5) is 5.69 Å². The van der Waals surface area contributed by atoms with Crippen molar-refractivity contribution in [3.05, 3.63) is 23.3 Å². The quantitative estimate of drug-likeness (QED) is 0.793. The fraction of sp³-hybridized carbons (Fsp3) is 0.600. The summed E-state index contributed by atoms with van der Waals surface area (Å²) < 4.78 is 27.8. The molecule has 0 aliphatic carbocycles.